The van der Waals surface area contributed by atoms with E-state index in [0.717, 1.165) is 126 Å². The molecule has 0 saturated carbocycles. The highest BCUT2D eigenvalue weighted by atomic mass is 15.2. The van der Waals surface area contributed by atoms with Gasteiger partial charge in [0.15, 0.2) is 29.1 Å². The maximum absolute atomic E-state index is 6.31. The zero-order valence-electron chi connectivity index (χ0n) is 43.6. The molecule has 0 aliphatic carbocycles. The van der Waals surface area contributed by atoms with E-state index in [2.05, 4.69) is 164 Å². The second kappa shape index (κ2) is 18.0. The van der Waals surface area contributed by atoms with E-state index in [1.807, 2.05) is 110 Å². The van der Waals surface area contributed by atoms with Gasteiger partial charge < -0.3 is 9.13 Å². The Labute approximate surface area is 467 Å². The van der Waals surface area contributed by atoms with Gasteiger partial charge in [0.2, 0.25) is 0 Å². The summed E-state index contributed by atoms with van der Waals surface area (Å²) in [6.45, 7) is 0. The summed E-state index contributed by atoms with van der Waals surface area (Å²) in [7, 11) is 0. The van der Waals surface area contributed by atoms with Crippen LogP contribution in [0.2, 0.25) is 0 Å². The number of para-hydroxylation sites is 4. The molecule has 0 amide bonds. The van der Waals surface area contributed by atoms with E-state index in [1.54, 1.807) is 0 Å². The summed E-state index contributed by atoms with van der Waals surface area (Å²) >= 11 is 0. The van der Waals surface area contributed by atoms with Crippen molar-refractivity contribution in [3.63, 3.8) is 0 Å². The molecule has 0 fully saturated rings. The van der Waals surface area contributed by atoms with Crippen LogP contribution in [0.25, 0.3) is 156 Å². The van der Waals surface area contributed by atoms with Crippen LogP contribution >= 0.6 is 0 Å². The molecule has 0 unspecified atom stereocenters. The summed E-state index contributed by atoms with van der Waals surface area (Å²) < 4.78 is 9.34. The molecule has 0 aliphatic rings. The first kappa shape index (κ1) is 45.5. The molecule has 0 N–H and O–H groups in total. The minimum atomic E-state index is 0.524. The van der Waals surface area contributed by atoms with Crippen molar-refractivity contribution in [3.05, 3.63) is 256 Å². The molecule has 382 valence electrons. The molecule has 7 aromatic carbocycles. The van der Waals surface area contributed by atoms with Crippen LogP contribution in [-0.2, 0) is 0 Å². The van der Waals surface area contributed by atoms with E-state index in [1.165, 1.54) is 0 Å². The Balaban J connectivity index is 1.13. The molecule has 17 rings (SSSR count). The largest absolute Gasteiger partial charge is 0.304 e. The fraction of sp³-hybridized carbons (Fsp3) is 0. The average Bonchev–Trinajstić information content (AvgIpc) is 4.09. The second-order valence-corrected chi connectivity index (χ2v) is 20.4. The predicted molar refractivity (Wildman–Crippen MR) is 328 cm³/mol. The minimum absolute atomic E-state index is 0.524. The van der Waals surface area contributed by atoms with Crippen molar-refractivity contribution in [2.45, 2.75) is 0 Å². The fourth-order valence-corrected chi connectivity index (χ4v) is 12.5. The number of hydrogen-bond donors (Lipinski definition) is 0. The third-order valence-corrected chi connectivity index (χ3v) is 16.0. The van der Waals surface area contributed by atoms with Gasteiger partial charge in [0.05, 0.1) is 68.9 Å². The van der Waals surface area contributed by atoms with Crippen molar-refractivity contribution in [2.24, 2.45) is 0 Å². The van der Waals surface area contributed by atoms with E-state index >= 15 is 0 Å². The summed E-state index contributed by atoms with van der Waals surface area (Å²) in [6, 6.07) is 71.6. The zero-order valence-corrected chi connectivity index (χ0v) is 43.6. The highest BCUT2D eigenvalue weighted by Gasteiger charge is 2.33. The fourth-order valence-electron chi connectivity index (χ4n) is 12.5. The van der Waals surface area contributed by atoms with Crippen LogP contribution in [0.3, 0.4) is 0 Å². The molecule has 10 aromatic heterocycles. The van der Waals surface area contributed by atoms with E-state index in [-0.39, 0.29) is 0 Å². The van der Waals surface area contributed by atoms with Crippen LogP contribution in [0.1, 0.15) is 0 Å². The summed E-state index contributed by atoms with van der Waals surface area (Å²) in [5.41, 5.74) is 13.4. The smallest absolute Gasteiger partial charge is 0.165 e. The highest BCUT2D eigenvalue weighted by Crippen LogP contribution is 2.49. The Hall–Kier alpha value is -11.5. The predicted octanol–water partition coefficient (Wildman–Crippen LogP) is 15.9. The molecule has 10 heterocycles. The Kier molecular flexibility index (Phi) is 10.0. The Morgan fingerprint density at radius 1 is 0.232 bits per heavy atom. The lowest BCUT2D eigenvalue weighted by Gasteiger charge is -2.26. The third-order valence-electron chi connectivity index (χ3n) is 16.0. The van der Waals surface area contributed by atoms with Crippen LogP contribution in [-0.4, -0.2) is 58.1 Å². The van der Waals surface area contributed by atoms with Gasteiger partial charge in [0.1, 0.15) is 11.4 Å². The third kappa shape index (κ3) is 6.78. The maximum Gasteiger partial charge on any atom is 0.165 e. The van der Waals surface area contributed by atoms with Gasteiger partial charge in [-0.25, -0.2) is 19.9 Å². The average molecular weight is 1050 g/mol. The highest BCUT2D eigenvalue weighted by molar-refractivity contribution is 6.15. The first-order valence-electron chi connectivity index (χ1n) is 27.1. The lowest BCUT2D eigenvalue weighted by atomic mass is 9.98. The first-order chi connectivity index (χ1) is 40.7. The van der Waals surface area contributed by atoms with Gasteiger partial charge in [0.25, 0.3) is 0 Å². The van der Waals surface area contributed by atoms with Crippen LogP contribution in [0.4, 0.5) is 0 Å². The van der Waals surface area contributed by atoms with Crippen molar-refractivity contribution in [1.82, 2.24) is 58.1 Å². The number of aromatic nitrogens is 12. The normalized spacial score (nSPS) is 11.9. The topological polar surface area (TPSA) is 123 Å². The lowest BCUT2D eigenvalue weighted by molar-refractivity contribution is 0.958. The molecule has 82 heavy (non-hydrogen) atoms. The van der Waals surface area contributed by atoms with Gasteiger partial charge in [-0.2, -0.15) is 0 Å². The van der Waals surface area contributed by atoms with E-state index < -0.39 is 0 Å². The van der Waals surface area contributed by atoms with Gasteiger partial charge in [0, 0.05) is 90.1 Å². The summed E-state index contributed by atoms with van der Waals surface area (Å²) in [5.74, 6) is 2.99. The van der Waals surface area contributed by atoms with Gasteiger partial charge >= 0.3 is 0 Å². The number of hydrogen-bond acceptors (Lipinski definition) is 8. The SMILES string of the molecule is c1ccc(-c2nc(-c3ccccc3)nc(-c3cccc(-c4c(-n5c6ccccc6c6ccncc65)c(-n5c6ccccc6c6ccncc65)nc(-n5c6ccccc6c6ccncc65)c4-n4c5ccccc5c5ccncc54)c3)n2)cc1. The van der Waals surface area contributed by atoms with Crippen molar-refractivity contribution in [1.29, 1.82) is 0 Å². The number of benzene rings is 7. The molecule has 0 radical (unpaired) electrons. The standard InChI is InChI=1S/C70H42N12/c1-3-16-43(17-4-1)66-75-67(44-18-5-2-6-19-44)77-68(76-66)46-21-15-20-45(38-46)63-64(79-55-26-11-7-22-47(55)51-30-34-71-39-59(51)79)69(81-57-28-13-9-24-49(57)53-32-36-73-41-61(53)81)78-70(82-58-29-14-10-25-50(58)54-33-37-74-42-62(54)82)65(63)80-56-27-12-8-23-48(56)52-31-35-72-40-60(52)80/h1-42H. The molecule has 17 aromatic rings. The van der Waals surface area contributed by atoms with Crippen molar-refractivity contribution in [2.75, 3.05) is 0 Å². The monoisotopic (exact) mass is 1050 g/mol. The molecule has 0 bridgehead atoms. The molecular weight excluding hydrogens is 1010 g/mol. The van der Waals surface area contributed by atoms with Crippen LogP contribution in [0.15, 0.2) is 256 Å². The quantitative estimate of drug-likeness (QED) is 0.147. The first-order valence-corrected chi connectivity index (χ1v) is 27.1. The number of pyridine rings is 5. The van der Waals surface area contributed by atoms with Crippen molar-refractivity contribution in [3.8, 4) is 68.3 Å². The van der Waals surface area contributed by atoms with Gasteiger partial charge in [-0.3, -0.25) is 29.1 Å². The minimum Gasteiger partial charge on any atom is -0.304 e. The molecule has 0 atom stereocenters. The van der Waals surface area contributed by atoms with Crippen LogP contribution in [0.5, 0.6) is 0 Å². The number of fused-ring (bicyclic) bond motifs is 12. The molecule has 12 nitrogen and oxygen atoms in total. The lowest BCUT2D eigenvalue weighted by Crippen LogP contribution is -2.16. The molecular formula is C70H42N12. The number of nitrogens with zero attached hydrogens (tertiary/aromatic N) is 12. The summed E-state index contributed by atoms with van der Waals surface area (Å²) in [4.78, 5) is 41.5. The van der Waals surface area contributed by atoms with Crippen LogP contribution in [0, 0.1) is 0 Å². The Morgan fingerprint density at radius 3 is 0.939 bits per heavy atom. The molecule has 12 heteroatoms. The van der Waals surface area contributed by atoms with E-state index in [9.17, 15) is 0 Å². The van der Waals surface area contributed by atoms with Gasteiger partial charge in [-0.15, -0.1) is 0 Å². The van der Waals surface area contributed by atoms with Crippen molar-refractivity contribution >= 4 is 87.2 Å². The summed E-state index contributed by atoms with van der Waals surface area (Å²) in [5, 5.41) is 8.47. The second-order valence-electron chi connectivity index (χ2n) is 20.4. The Bertz CT molecular complexity index is 4900. The number of rotatable bonds is 8. The summed E-state index contributed by atoms with van der Waals surface area (Å²) in [6.07, 6.45) is 15.4. The maximum atomic E-state index is 6.31. The molecule has 0 aliphatic heterocycles. The Morgan fingerprint density at radius 2 is 0.537 bits per heavy atom. The van der Waals surface area contributed by atoms with Gasteiger partial charge in [-0.1, -0.05) is 152 Å². The van der Waals surface area contributed by atoms with Crippen LogP contribution < -0.4 is 0 Å². The van der Waals surface area contributed by atoms with E-state index in [4.69, 9.17) is 39.9 Å². The van der Waals surface area contributed by atoms with E-state index in [0.29, 0.717) is 29.1 Å². The van der Waals surface area contributed by atoms with Crippen molar-refractivity contribution < 1.29 is 0 Å². The zero-order chi connectivity index (χ0) is 53.8. The van der Waals surface area contributed by atoms with Gasteiger partial charge in [-0.05, 0) is 60.2 Å². The molecule has 0 spiro atoms. The molecule has 0 saturated heterocycles.